The Morgan fingerprint density at radius 1 is 1.21 bits per heavy atom. The van der Waals surface area contributed by atoms with Crippen molar-refractivity contribution in [1.29, 1.82) is 0 Å². The SMILES string of the molecule is CC(C)(C1CCN(C(=O)Nc2ccnnc2)CC1)[S+]([O-])c1ccn2nccc2c1. The Morgan fingerprint density at radius 2 is 2.00 bits per heavy atom. The van der Waals surface area contributed by atoms with Crippen LogP contribution in [0.15, 0.2) is 53.9 Å². The van der Waals surface area contributed by atoms with E-state index in [0.29, 0.717) is 18.8 Å². The summed E-state index contributed by atoms with van der Waals surface area (Å²) in [4.78, 5) is 15.1. The Morgan fingerprint density at radius 3 is 2.72 bits per heavy atom. The zero-order chi connectivity index (χ0) is 20.4. The van der Waals surface area contributed by atoms with Gasteiger partial charge in [0.1, 0.15) is 4.75 Å². The van der Waals surface area contributed by atoms with E-state index in [1.54, 1.807) is 27.9 Å². The summed E-state index contributed by atoms with van der Waals surface area (Å²) in [6.07, 6.45) is 8.27. The van der Waals surface area contributed by atoms with E-state index in [4.69, 9.17) is 0 Å². The highest BCUT2D eigenvalue weighted by Gasteiger charge is 2.43. The number of carbonyl (C=O) groups excluding carboxylic acids is 1. The van der Waals surface area contributed by atoms with Gasteiger partial charge in [-0.2, -0.15) is 15.3 Å². The van der Waals surface area contributed by atoms with E-state index in [9.17, 15) is 9.35 Å². The number of nitrogens with one attached hydrogen (secondary N) is 1. The number of hydrogen-bond acceptors (Lipinski definition) is 5. The third-order valence-corrected chi connectivity index (χ3v) is 7.63. The maximum absolute atomic E-state index is 13.4. The van der Waals surface area contributed by atoms with Crippen molar-refractivity contribution in [3.63, 3.8) is 0 Å². The molecule has 3 aromatic rings. The zero-order valence-electron chi connectivity index (χ0n) is 16.5. The molecule has 4 rings (SSSR count). The molecule has 1 atom stereocenters. The van der Waals surface area contributed by atoms with Crippen LogP contribution < -0.4 is 5.32 Å². The van der Waals surface area contributed by atoms with Crippen molar-refractivity contribution in [2.24, 2.45) is 5.92 Å². The highest BCUT2D eigenvalue weighted by molar-refractivity contribution is 7.92. The minimum atomic E-state index is -1.16. The molecule has 1 fully saturated rings. The molecule has 152 valence electrons. The molecule has 29 heavy (non-hydrogen) atoms. The number of likely N-dealkylation sites (tertiary alicyclic amines) is 1. The monoisotopic (exact) mass is 412 g/mol. The topological polar surface area (TPSA) is 98.5 Å². The second-order valence-corrected chi connectivity index (χ2v) is 9.82. The predicted octanol–water partition coefficient (Wildman–Crippen LogP) is 2.95. The summed E-state index contributed by atoms with van der Waals surface area (Å²) in [5.74, 6) is 0.260. The van der Waals surface area contributed by atoms with Gasteiger partial charge in [-0.25, -0.2) is 9.31 Å². The Labute approximate surface area is 172 Å². The van der Waals surface area contributed by atoms with Gasteiger partial charge in [0.2, 0.25) is 0 Å². The molecule has 2 amide bonds. The largest absolute Gasteiger partial charge is 0.611 e. The summed E-state index contributed by atoms with van der Waals surface area (Å²) in [6, 6.07) is 7.30. The second-order valence-electron chi connectivity index (χ2n) is 7.76. The second kappa shape index (κ2) is 8.00. The number of fused-ring (bicyclic) bond motifs is 1. The Hall–Kier alpha value is -2.65. The van der Waals surface area contributed by atoms with Crippen LogP contribution in [0.1, 0.15) is 26.7 Å². The van der Waals surface area contributed by atoms with Gasteiger partial charge in [-0.3, -0.25) is 0 Å². The van der Waals surface area contributed by atoms with Crippen molar-refractivity contribution in [2.75, 3.05) is 18.4 Å². The van der Waals surface area contributed by atoms with E-state index >= 15 is 0 Å². The molecule has 0 bridgehead atoms. The quantitative estimate of drug-likeness (QED) is 0.664. The van der Waals surface area contributed by atoms with Gasteiger partial charge in [0, 0.05) is 43.5 Å². The molecular formula is C20H24N6O2S. The molecular weight excluding hydrogens is 388 g/mol. The molecule has 0 radical (unpaired) electrons. The number of aromatic nitrogens is 4. The fourth-order valence-corrected chi connectivity index (χ4v) is 5.37. The summed E-state index contributed by atoms with van der Waals surface area (Å²) in [5.41, 5.74) is 1.56. The number of rotatable bonds is 4. The summed E-state index contributed by atoms with van der Waals surface area (Å²) < 4.78 is 14.7. The average molecular weight is 413 g/mol. The van der Waals surface area contributed by atoms with E-state index in [-0.39, 0.29) is 11.9 Å². The van der Waals surface area contributed by atoms with E-state index in [0.717, 1.165) is 23.3 Å². The molecule has 0 saturated carbocycles. The van der Waals surface area contributed by atoms with Crippen molar-refractivity contribution >= 4 is 28.4 Å². The first-order chi connectivity index (χ1) is 13.9. The van der Waals surface area contributed by atoms with Gasteiger partial charge in [0.15, 0.2) is 4.90 Å². The molecule has 8 nitrogen and oxygen atoms in total. The minimum Gasteiger partial charge on any atom is -0.611 e. The molecule has 1 saturated heterocycles. The maximum atomic E-state index is 13.4. The van der Waals surface area contributed by atoms with E-state index in [2.05, 4.69) is 34.5 Å². The number of urea groups is 1. The molecule has 0 aromatic carbocycles. The van der Waals surface area contributed by atoms with Crippen molar-refractivity contribution in [3.05, 3.63) is 49.1 Å². The summed E-state index contributed by atoms with van der Waals surface area (Å²) in [5, 5.41) is 14.5. The number of anilines is 1. The van der Waals surface area contributed by atoms with Gasteiger partial charge < -0.3 is 14.8 Å². The van der Waals surface area contributed by atoms with E-state index in [1.807, 2.05) is 24.4 Å². The first-order valence-electron chi connectivity index (χ1n) is 9.63. The van der Waals surface area contributed by atoms with Crippen LogP contribution in [0.4, 0.5) is 10.5 Å². The van der Waals surface area contributed by atoms with Crippen LogP contribution in [-0.2, 0) is 11.2 Å². The minimum absolute atomic E-state index is 0.137. The van der Waals surface area contributed by atoms with Crippen molar-refractivity contribution < 1.29 is 9.35 Å². The third kappa shape index (κ3) is 4.06. The van der Waals surface area contributed by atoms with Gasteiger partial charge in [0.05, 0.1) is 23.6 Å². The molecule has 9 heteroatoms. The maximum Gasteiger partial charge on any atom is 0.321 e. The first-order valence-corrected chi connectivity index (χ1v) is 10.8. The number of pyridine rings is 1. The van der Waals surface area contributed by atoms with Gasteiger partial charge in [-0.05, 0) is 50.0 Å². The number of amides is 2. The Bertz CT molecular complexity index is 985. The Kier molecular flexibility index (Phi) is 5.42. The molecule has 4 heterocycles. The van der Waals surface area contributed by atoms with Gasteiger partial charge >= 0.3 is 6.03 Å². The first kappa shape index (κ1) is 19.7. The van der Waals surface area contributed by atoms with Crippen LogP contribution in [-0.4, -0.2) is 53.1 Å². The van der Waals surface area contributed by atoms with Crippen LogP contribution in [0.5, 0.6) is 0 Å². The lowest BCUT2D eigenvalue weighted by Gasteiger charge is -2.40. The van der Waals surface area contributed by atoms with Crippen LogP contribution in [0.25, 0.3) is 5.52 Å². The number of piperidine rings is 1. The highest BCUT2D eigenvalue weighted by atomic mass is 32.2. The van der Waals surface area contributed by atoms with Crippen LogP contribution in [0.3, 0.4) is 0 Å². The Balaban J connectivity index is 1.39. The summed E-state index contributed by atoms with van der Waals surface area (Å²) >= 11 is -1.16. The summed E-state index contributed by atoms with van der Waals surface area (Å²) in [6.45, 7) is 5.40. The van der Waals surface area contributed by atoms with Gasteiger partial charge in [-0.15, -0.1) is 0 Å². The third-order valence-electron chi connectivity index (χ3n) is 5.66. The van der Waals surface area contributed by atoms with E-state index in [1.165, 1.54) is 6.20 Å². The lowest BCUT2D eigenvalue weighted by Crippen LogP contribution is -2.48. The fraction of sp³-hybridized carbons (Fsp3) is 0.400. The fourth-order valence-electron chi connectivity index (χ4n) is 3.82. The smallest absolute Gasteiger partial charge is 0.321 e. The molecule has 0 aliphatic carbocycles. The lowest BCUT2D eigenvalue weighted by molar-refractivity contribution is 0.171. The zero-order valence-corrected chi connectivity index (χ0v) is 17.3. The average Bonchev–Trinajstić information content (AvgIpc) is 3.22. The van der Waals surface area contributed by atoms with Crippen molar-refractivity contribution in [2.45, 2.75) is 36.3 Å². The summed E-state index contributed by atoms with van der Waals surface area (Å²) in [7, 11) is 0. The molecule has 1 unspecified atom stereocenters. The van der Waals surface area contributed by atoms with Gasteiger partial charge in [0.25, 0.3) is 0 Å². The number of nitrogens with zero attached hydrogens (tertiary/aromatic N) is 5. The normalized spacial score (nSPS) is 16.7. The molecule has 0 spiro atoms. The number of hydrogen-bond donors (Lipinski definition) is 1. The highest BCUT2D eigenvalue weighted by Crippen LogP contribution is 2.38. The molecule has 1 aliphatic heterocycles. The van der Waals surface area contributed by atoms with Crippen LogP contribution >= 0.6 is 0 Å². The lowest BCUT2D eigenvalue weighted by atomic mass is 9.86. The van der Waals surface area contributed by atoms with Crippen molar-refractivity contribution in [1.82, 2.24) is 24.7 Å². The molecule has 3 aromatic heterocycles. The van der Waals surface area contributed by atoms with Crippen molar-refractivity contribution in [3.8, 4) is 0 Å². The molecule has 1 aliphatic rings. The number of carbonyl (C=O) groups is 1. The van der Waals surface area contributed by atoms with Crippen LogP contribution in [0, 0.1) is 5.92 Å². The van der Waals surface area contributed by atoms with Crippen LogP contribution in [0.2, 0.25) is 0 Å². The molecule has 1 N–H and O–H groups in total. The predicted molar refractivity (Wildman–Crippen MR) is 111 cm³/mol. The van der Waals surface area contributed by atoms with Gasteiger partial charge in [-0.1, -0.05) is 0 Å². The standard InChI is InChI=1S/C20H24N6O2S/c1-20(2,29(28)18-7-12-26-17(13-18)4-9-23-26)15-5-10-25(11-6-15)19(27)24-16-3-8-21-22-14-16/h3-4,7-9,12-15H,5-6,10-11H2,1-2H3,(H,21,24,27). The van der Waals surface area contributed by atoms with E-state index < -0.39 is 15.9 Å².